The molecule has 2 aromatic rings. The molecule has 0 fully saturated rings. The van der Waals surface area contributed by atoms with E-state index in [1.807, 2.05) is 0 Å². The van der Waals surface area contributed by atoms with Crippen molar-refractivity contribution < 1.29 is 17.2 Å². The fourth-order valence-electron chi connectivity index (χ4n) is 1.50. The first-order valence-electron chi connectivity index (χ1n) is 5.32. The Morgan fingerprint density at radius 1 is 1.10 bits per heavy atom. The van der Waals surface area contributed by atoms with Gasteiger partial charge in [-0.3, -0.25) is 4.72 Å². The maximum absolute atomic E-state index is 13.6. The molecule has 0 aromatic heterocycles. The lowest BCUT2D eigenvalue weighted by molar-refractivity contribution is 0.570. The Hall–Kier alpha value is -1.42. The molecule has 0 saturated heterocycles. The zero-order valence-electron chi connectivity index (χ0n) is 9.90. The van der Waals surface area contributed by atoms with Gasteiger partial charge >= 0.3 is 0 Å². The number of benzene rings is 2. The number of halogens is 3. The van der Waals surface area contributed by atoms with Crippen molar-refractivity contribution >= 4 is 44.0 Å². The van der Waals surface area contributed by atoms with Gasteiger partial charge in [0.1, 0.15) is 16.5 Å². The fourth-order valence-corrected chi connectivity index (χ4v) is 3.49. The van der Waals surface area contributed by atoms with Crippen LogP contribution in [0.15, 0.2) is 41.3 Å². The minimum atomic E-state index is -4.13. The second kappa shape index (κ2) is 5.52. The predicted molar refractivity (Wildman–Crippen MR) is 80.7 cm³/mol. The van der Waals surface area contributed by atoms with Gasteiger partial charge in [0.05, 0.1) is 5.69 Å². The molecule has 0 saturated carbocycles. The van der Waals surface area contributed by atoms with Gasteiger partial charge in [-0.05, 0) is 59.0 Å². The minimum absolute atomic E-state index is 0.126. The van der Waals surface area contributed by atoms with Crippen molar-refractivity contribution in [3.63, 3.8) is 0 Å². The first-order chi connectivity index (χ1) is 9.29. The van der Waals surface area contributed by atoms with Gasteiger partial charge in [-0.1, -0.05) is 0 Å². The summed E-state index contributed by atoms with van der Waals surface area (Å²) in [4.78, 5) is -0.558. The standard InChI is InChI=1S/C12H9F2IN2O2S/c13-7-1-4-11(10(15)5-7)17-20(18,19)12-6-8(16)2-3-9(12)14/h1-6,17H,16H2. The smallest absolute Gasteiger partial charge is 0.264 e. The van der Waals surface area contributed by atoms with Crippen molar-refractivity contribution in [1.29, 1.82) is 0 Å². The van der Waals surface area contributed by atoms with E-state index < -0.39 is 26.6 Å². The van der Waals surface area contributed by atoms with Crippen LogP contribution >= 0.6 is 22.6 Å². The van der Waals surface area contributed by atoms with E-state index in [9.17, 15) is 17.2 Å². The molecule has 8 heteroatoms. The van der Waals surface area contributed by atoms with Crippen LogP contribution in [0, 0.1) is 15.2 Å². The largest absolute Gasteiger partial charge is 0.399 e. The molecule has 0 aliphatic rings. The lowest BCUT2D eigenvalue weighted by atomic mass is 10.3. The molecule has 106 valence electrons. The summed E-state index contributed by atoms with van der Waals surface area (Å²) in [5.74, 6) is -1.41. The van der Waals surface area contributed by atoms with E-state index in [0.717, 1.165) is 24.3 Å². The van der Waals surface area contributed by atoms with Crippen molar-refractivity contribution in [2.75, 3.05) is 10.5 Å². The van der Waals surface area contributed by atoms with Gasteiger partial charge in [-0.2, -0.15) is 0 Å². The molecule has 20 heavy (non-hydrogen) atoms. The molecule has 0 aliphatic carbocycles. The Balaban J connectivity index is 2.43. The molecule has 0 spiro atoms. The second-order valence-electron chi connectivity index (χ2n) is 3.92. The average molecular weight is 410 g/mol. The summed E-state index contributed by atoms with van der Waals surface area (Å²) in [5, 5.41) is 0. The third kappa shape index (κ3) is 3.18. The molecule has 3 N–H and O–H groups in total. The number of hydrogen-bond acceptors (Lipinski definition) is 3. The van der Waals surface area contributed by atoms with Crippen molar-refractivity contribution in [3.8, 4) is 0 Å². The monoisotopic (exact) mass is 410 g/mol. The van der Waals surface area contributed by atoms with Crippen LogP contribution in [0.3, 0.4) is 0 Å². The molecule has 4 nitrogen and oxygen atoms in total. The highest BCUT2D eigenvalue weighted by Gasteiger charge is 2.20. The summed E-state index contributed by atoms with van der Waals surface area (Å²) in [7, 11) is -4.13. The van der Waals surface area contributed by atoms with Crippen LogP contribution < -0.4 is 10.5 Å². The third-order valence-electron chi connectivity index (χ3n) is 2.42. The first kappa shape index (κ1) is 15.0. The van der Waals surface area contributed by atoms with Gasteiger partial charge in [0.15, 0.2) is 0 Å². The minimum Gasteiger partial charge on any atom is -0.399 e. The number of nitrogens with one attached hydrogen (secondary N) is 1. The van der Waals surface area contributed by atoms with E-state index in [0.29, 0.717) is 3.57 Å². The van der Waals surface area contributed by atoms with Crippen molar-refractivity contribution in [2.45, 2.75) is 4.90 Å². The molecule has 0 unspecified atom stereocenters. The van der Waals surface area contributed by atoms with Crippen LogP contribution in [0.5, 0.6) is 0 Å². The SMILES string of the molecule is Nc1ccc(F)c(S(=O)(=O)Nc2ccc(F)cc2I)c1. The van der Waals surface area contributed by atoms with Gasteiger partial charge < -0.3 is 5.73 Å². The highest BCUT2D eigenvalue weighted by atomic mass is 127. The summed E-state index contributed by atoms with van der Waals surface area (Å²) in [6, 6.07) is 6.78. The first-order valence-corrected chi connectivity index (χ1v) is 7.89. The van der Waals surface area contributed by atoms with E-state index >= 15 is 0 Å². The predicted octanol–water partition coefficient (Wildman–Crippen LogP) is 2.95. The van der Waals surface area contributed by atoms with Gasteiger partial charge in [-0.25, -0.2) is 17.2 Å². The van der Waals surface area contributed by atoms with Gasteiger partial charge in [0, 0.05) is 9.26 Å². The summed E-state index contributed by atoms with van der Waals surface area (Å²) in [6.07, 6.45) is 0. The van der Waals surface area contributed by atoms with Crippen molar-refractivity contribution in [3.05, 3.63) is 51.6 Å². The highest BCUT2D eigenvalue weighted by molar-refractivity contribution is 14.1. The van der Waals surface area contributed by atoms with Crippen LogP contribution in [-0.2, 0) is 10.0 Å². The maximum atomic E-state index is 13.6. The number of nitrogen functional groups attached to an aromatic ring is 1. The van der Waals surface area contributed by atoms with Gasteiger partial charge in [0.25, 0.3) is 10.0 Å². The number of rotatable bonds is 3. The lowest BCUT2D eigenvalue weighted by Gasteiger charge is -2.11. The molecule has 2 rings (SSSR count). The normalized spacial score (nSPS) is 11.3. The van der Waals surface area contributed by atoms with E-state index in [1.54, 1.807) is 22.6 Å². The van der Waals surface area contributed by atoms with Crippen LogP contribution in [0.25, 0.3) is 0 Å². The third-order valence-corrected chi connectivity index (χ3v) is 4.69. The topological polar surface area (TPSA) is 72.2 Å². The summed E-state index contributed by atoms with van der Waals surface area (Å²) in [5.41, 5.74) is 5.74. The average Bonchev–Trinajstić information content (AvgIpc) is 2.35. The molecule has 0 atom stereocenters. The molecule has 0 aliphatic heterocycles. The number of sulfonamides is 1. The zero-order chi connectivity index (χ0) is 14.9. The van der Waals surface area contributed by atoms with E-state index in [-0.39, 0.29) is 11.4 Å². The number of nitrogens with two attached hydrogens (primary N) is 1. The summed E-state index contributed by atoms with van der Waals surface area (Å²) >= 11 is 1.78. The maximum Gasteiger partial charge on any atom is 0.264 e. The quantitative estimate of drug-likeness (QED) is 0.604. The Kier molecular flexibility index (Phi) is 4.14. The Morgan fingerprint density at radius 2 is 1.80 bits per heavy atom. The molecule has 2 aromatic carbocycles. The molecule has 0 amide bonds. The van der Waals surface area contributed by atoms with E-state index in [1.165, 1.54) is 12.1 Å². The summed E-state index contributed by atoms with van der Waals surface area (Å²) < 4.78 is 53.3. The van der Waals surface area contributed by atoms with Crippen LogP contribution in [0.1, 0.15) is 0 Å². The molecule has 0 radical (unpaired) electrons. The van der Waals surface area contributed by atoms with Crippen molar-refractivity contribution in [1.82, 2.24) is 0 Å². The van der Waals surface area contributed by atoms with Gasteiger partial charge in [0.2, 0.25) is 0 Å². The van der Waals surface area contributed by atoms with Crippen LogP contribution in [0.4, 0.5) is 20.2 Å². The Morgan fingerprint density at radius 3 is 2.45 bits per heavy atom. The fraction of sp³-hybridized carbons (Fsp3) is 0. The van der Waals surface area contributed by atoms with Crippen LogP contribution in [-0.4, -0.2) is 8.42 Å². The van der Waals surface area contributed by atoms with Crippen LogP contribution in [0.2, 0.25) is 0 Å². The Labute approximate surface area is 128 Å². The second-order valence-corrected chi connectivity index (χ2v) is 6.73. The van der Waals surface area contributed by atoms with Gasteiger partial charge in [-0.15, -0.1) is 0 Å². The molecular formula is C12H9F2IN2O2S. The number of hydrogen-bond donors (Lipinski definition) is 2. The highest BCUT2D eigenvalue weighted by Crippen LogP contribution is 2.24. The molecular weight excluding hydrogens is 401 g/mol. The number of anilines is 2. The Bertz CT molecular complexity index is 766. The lowest BCUT2D eigenvalue weighted by Crippen LogP contribution is -2.15. The summed E-state index contributed by atoms with van der Waals surface area (Å²) in [6.45, 7) is 0. The molecule has 0 bridgehead atoms. The van der Waals surface area contributed by atoms with E-state index in [2.05, 4.69) is 4.72 Å². The zero-order valence-corrected chi connectivity index (χ0v) is 12.9. The molecule has 0 heterocycles. The van der Waals surface area contributed by atoms with E-state index in [4.69, 9.17) is 5.73 Å². The van der Waals surface area contributed by atoms with Crippen molar-refractivity contribution in [2.24, 2.45) is 0 Å².